The number of hydrogen-bond donors (Lipinski definition) is 2. The number of nitrogens with one attached hydrogen (secondary N) is 2. The molecule has 7 nitrogen and oxygen atoms in total. The molecule has 0 bridgehead atoms. The molecule has 38 heavy (non-hydrogen) atoms. The van der Waals surface area contributed by atoms with E-state index >= 15 is 0 Å². The molecule has 7 heteroatoms. The van der Waals surface area contributed by atoms with Crippen LogP contribution in [0.15, 0.2) is 48.5 Å². The maximum atomic E-state index is 14.1. The SMILES string of the molecule is CCCCCNC(=O)C(c1cc(C)ccc1C)N(CC)C(=O)C(Cc1ccccc1)NC(=O)OC(C)(C)C. The number of amides is 3. The molecule has 2 aromatic carbocycles. The van der Waals surface area contributed by atoms with E-state index in [0.717, 1.165) is 41.5 Å². The number of ether oxygens (including phenoxy) is 1. The van der Waals surface area contributed by atoms with Crippen LogP contribution in [0.4, 0.5) is 4.79 Å². The minimum absolute atomic E-state index is 0.222. The number of rotatable bonds is 12. The fourth-order valence-corrected chi connectivity index (χ4v) is 4.35. The van der Waals surface area contributed by atoms with Crippen molar-refractivity contribution in [3.63, 3.8) is 0 Å². The highest BCUT2D eigenvalue weighted by molar-refractivity contribution is 5.92. The monoisotopic (exact) mass is 523 g/mol. The lowest BCUT2D eigenvalue weighted by Gasteiger charge is -2.34. The summed E-state index contributed by atoms with van der Waals surface area (Å²) in [5, 5.41) is 5.83. The minimum atomic E-state index is -0.910. The van der Waals surface area contributed by atoms with Gasteiger partial charge in [0.05, 0.1) is 0 Å². The molecule has 0 aliphatic rings. The summed E-state index contributed by atoms with van der Waals surface area (Å²) >= 11 is 0. The molecule has 0 spiro atoms. The van der Waals surface area contributed by atoms with Gasteiger partial charge < -0.3 is 20.3 Å². The van der Waals surface area contributed by atoms with Crippen LogP contribution in [-0.2, 0) is 20.7 Å². The molecule has 208 valence electrons. The molecule has 0 heterocycles. The third-order valence-corrected chi connectivity index (χ3v) is 6.26. The Morgan fingerprint density at radius 2 is 1.66 bits per heavy atom. The molecule has 2 rings (SSSR count). The molecule has 0 saturated heterocycles. The second kappa shape index (κ2) is 14.6. The zero-order chi connectivity index (χ0) is 28.3. The second-order valence-electron chi connectivity index (χ2n) is 10.8. The van der Waals surface area contributed by atoms with Gasteiger partial charge in [-0.05, 0) is 64.7 Å². The summed E-state index contributed by atoms with van der Waals surface area (Å²) in [5.41, 5.74) is 2.89. The average molecular weight is 524 g/mol. The largest absolute Gasteiger partial charge is 0.444 e. The quantitative estimate of drug-likeness (QED) is 0.353. The van der Waals surface area contributed by atoms with Crippen molar-refractivity contribution in [2.45, 2.75) is 91.8 Å². The van der Waals surface area contributed by atoms with E-state index in [9.17, 15) is 14.4 Å². The molecule has 2 unspecified atom stereocenters. The molecular formula is C31H45N3O4. The summed E-state index contributed by atoms with van der Waals surface area (Å²) < 4.78 is 5.47. The number of likely N-dealkylation sites (N-methyl/N-ethyl adjacent to an activating group) is 1. The summed E-state index contributed by atoms with van der Waals surface area (Å²) in [5.74, 6) is -0.558. The number of alkyl carbamates (subject to hydrolysis) is 1. The van der Waals surface area contributed by atoms with Crippen LogP contribution in [0.1, 0.15) is 82.2 Å². The standard InChI is InChI=1S/C31H45N3O4/c1-8-10-14-19-32-28(35)27(25-20-22(3)17-18-23(25)4)34(9-2)29(36)26(21-24-15-12-11-13-16-24)33-30(37)38-31(5,6)7/h11-13,15-18,20,26-27H,8-10,14,19,21H2,1-7H3,(H,32,35)(H,33,37). The predicted molar refractivity (Wildman–Crippen MR) is 152 cm³/mol. The molecular weight excluding hydrogens is 478 g/mol. The fourth-order valence-electron chi connectivity index (χ4n) is 4.35. The maximum absolute atomic E-state index is 14.1. The van der Waals surface area contributed by atoms with Crippen LogP contribution in [0.5, 0.6) is 0 Å². The summed E-state index contributed by atoms with van der Waals surface area (Å²) in [6, 6.07) is 13.7. The Bertz CT molecular complexity index is 1060. The lowest BCUT2D eigenvalue weighted by Crippen LogP contribution is -2.54. The van der Waals surface area contributed by atoms with Gasteiger partial charge in [-0.1, -0.05) is 73.9 Å². The summed E-state index contributed by atoms with van der Waals surface area (Å²) in [4.78, 5) is 42.1. The van der Waals surface area contributed by atoms with Crippen LogP contribution in [0.2, 0.25) is 0 Å². The number of carbonyl (C=O) groups is 3. The first-order valence-corrected chi connectivity index (χ1v) is 13.7. The van der Waals surface area contributed by atoms with E-state index in [-0.39, 0.29) is 18.2 Å². The molecule has 0 saturated carbocycles. The third kappa shape index (κ3) is 9.51. The maximum Gasteiger partial charge on any atom is 0.408 e. The van der Waals surface area contributed by atoms with Gasteiger partial charge in [-0.15, -0.1) is 0 Å². The van der Waals surface area contributed by atoms with Gasteiger partial charge in [0, 0.05) is 19.5 Å². The Labute approximate surface area is 228 Å². The van der Waals surface area contributed by atoms with E-state index in [4.69, 9.17) is 4.74 Å². The topological polar surface area (TPSA) is 87.7 Å². The van der Waals surface area contributed by atoms with Gasteiger partial charge in [-0.3, -0.25) is 9.59 Å². The van der Waals surface area contributed by atoms with E-state index in [0.29, 0.717) is 13.1 Å². The number of aryl methyl sites for hydroxylation is 2. The predicted octanol–water partition coefficient (Wildman–Crippen LogP) is 5.64. The third-order valence-electron chi connectivity index (χ3n) is 6.26. The average Bonchev–Trinajstić information content (AvgIpc) is 2.85. The first-order chi connectivity index (χ1) is 18.0. The molecule has 3 amide bonds. The van der Waals surface area contributed by atoms with E-state index in [1.54, 1.807) is 25.7 Å². The van der Waals surface area contributed by atoms with Gasteiger partial charge in [0.1, 0.15) is 17.7 Å². The number of unbranched alkanes of at least 4 members (excludes halogenated alkanes) is 2. The number of carbonyl (C=O) groups excluding carboxylic acids is 3. The summed E-state index contributed by atoms with van der Waals surface area (Å²) in [6.07, 6.45) is 2.54. The Morgan fingerprint density at radius 3 is 2.26 bits per heavy atom. The summed E-state index contributed by atoms with van der Waals surface area (Å²) in [6.45, 7) is 14.1. The van der Waals surface area contributed by atoms with Crippen LogP contribution in [-0.4, -0.2) is 47.5 Å². The van der Waals surface area contributed by atoms with Gasteiger partial charge in [0.25, 0.3) is 0 Å². The first kappa shape index (κ1) is 30.9. The van der Waals surface area contributed by atoms with E-state index in [2.05, 4.69) is 17.6 Å². The van der Waals surface area contributed by atoms with Crippen molar-refractivity contribution in [2.75, 3.05) is 13.1 Å². The van der Waals surface area contributed by atoms with Gasteiger partial charge in [0.2, 0.25) is 11.8 Å². The van der Waals surface area contributed by atoms with Crippen molar-refractivity contribution >= 4 is 17.9 Å². The van der Waals surface area contributed by atoms with Crippen molar-refractivity contribution in [2.24, 2.45) is 0 Å². The van der Waals surface area contributed by atoms with Crippen LogP contribution in [0.25, 0.3) is 0 Å². The fraction of sp³-hybridized carbons (Fsp3) is 0.516. The lowest BCUT2D eigenvalue weighted by molar-refractivity contribution is -0.142. The van der Waals surface area contributed by atoms with Gasteiger partial charge in [-0.2, -0.15) is 0 Å². The van der Waals surface area contributed by atoms with Crippen molar-refractivity contribution in [1.82, 2.24) is 15.5 Å². The van der Waals surface area contributed by atoms with Crippen molar-refractivity contribution < 1.29 is 19.1 Å². The van der Waals surface area contributed by atoms with Crippen molar-refractivity contribution in [3.05, 3.63) is 70.8 Å². The zero-order valence-electron chi connectivity index (χ0n) is 24.1. The van der Waals surface area contributed by atoms with Gasteiger partial charge in [-0.25, -0.2) is 4.79 Å². The molecule has 0 aliphatic carbocycles. The molecule has 0 fully saturated rings. The van der Waals surface area contributed by atoms with Crippen molar-refractivity contribution in [3.8, 4) is 0 Å². The van der Waals surface area contributed by atoms with E-state index < -0.39 is 23.8 Å². The Morgan fingerprint density at radius 1 is 0.974 bits per heavy atom. The molecule has 0 aliphatic heterocycles. The van der Waals surface area contributed by atoms with Crippen LogP contribution in [0, 0.1) is 13.8 Å². The lowest BCUT2D eigenvalue weighted by atomic mass is 9.95. The molecule has 0 radical (unpaired) electrons. The van der Waals surface area contributed by atoms with E-state index in [1.807, 2.05) is 69.3 Å². The number of nitrogens with zero attached hydrogens (tertiary/aromatic N) is 1. The van der Waals surface area contributed by atoms with Crippen molar-refractivity contribution in [1.29, 1.82) is 0 Å². The molecule has 2 atom stereocenters. The number of hydrogen-bond acceptors (Lipinski definition) is 4. The van der Waals surface area contributed by atoms with Gasteiger partial charge in [0.15, 0.2) is 0 Å². The molecule has 2 N–H and O–H groups in total. The van der Waals surface area contributed by atoms with Crippen LogP contribution in [0.3, 0.4) is 0 Å². The smallest absolute Gasteiger partial charge is 0.408 e. The normalized spacial score (nSPS) is 12.8. The molecule has 2 aromatic rings. The zero-order valence-corrected chi connectivity index (χ0v) is 24.1. The van der Waals surface area contributed by atoms with Crippen LogP contribution >= 0.6 is 0 Å². The Kier molecular flexibility index (Phi) is 11.8. The Hall–Kier alpha value is -3.35. The van der Waals surface area contributed by atoms with E-state index in [1.165, 1.54) is 0 Å². The second-order valence-corrected chi connectivity index (χ2v) is 10.8. The Balaban J connectivity index is 2.46. The van der Waals surface area contributed by atoms with Gasteiger partial charge >= 0.3 is 6.09 Å². The van der Waals surface area contributed by atoms with Crippen LogP contribution < -0.4 is 10.6 Å². The highest BCUT2D eigenvalue weighted by Crippen LogP contribution is 2.27. The minimum Gasteiger partial charge on any atom is -0.444 e. The molecule has 0 aromatic heterocycles. The number of benzene rings is 2. The highest BCUT2D eigenvalue weighted by atomic mass is 16.6. The highest BCUT2D eigenvalue weighted by Gasteiger charge is 2.36. The summed E-state index contributed by atoms with van der Waals surface area (Å²) in [7, 11) is 0. The first-order valence-electron chi connectivity index (χ1n) is 13.7.